The highest BCUT2D eigenvalue weighted by atomic mass is 16.4. The molecule has 1 unspecified atom stereocenters. The molecule has 0 spiro atoms. The van der Waals surface area contributed by atoms with Crippen LogP contribution in [-0.4, -0.2) is 16.6 Å². The van der Waals surface area contributed by atoms with Gasteiger partial charge in [0, 0.05) is 12.0 Å². The second-order valence-electron chi connectivity index (χ2n) is 5.48. The van der Waals surface area contributed by atoms with Gasteiger partial charge in [-0.05, 0) is 31.0 Å². The molecule has 0 radical (unpaired) electrons. The van der Waals surface area contributed by atoms with Crippen LogP contribution in [0.15, 0.2) is 45.4 Å². The van der Waals surface area contributed by atoms with Gasteiger partial charge in [-0.25, -0.2) is 0 Å². The van der Waals surface area contributed by atoms with Gasteiger partial charge in [-0.2, -0.15) is 4.98 Å². The number of benzene rings is 1. The van der Waals surface area contributed by atoms with Gasteiger partial charge < -0.3 is 19.3 Å². The van der Waals surface area contributed by atoms with E-state index in [2.05, 4.69) is 10.3 Å². The summed E-state index contributed by atoms with van der Waals surface area (Å²) in [6.07, 6.45) is 4.13. The number of aromatic nitrogens is 1. The topological polar surface area (TPSA) is 71.4 Å². The molecule has 0 saturated carbocycles. The van der Waals surface area contributed by atoms with Gasteiger partial charge in [-0.1, -0.05) is 12.1 Å². The van der Waals surface area contributed by atoms with Gasteiger partial charge in [0.05, 0.1) is 12.8 Å². The molecule has 0 fully saturated rings. The summed E-state index contributed by atoms with van der Waals surface area (Å²) in [5.74, 6) is 0.878. The van der Waals surface area contributed by atoms with Crippen molar-refractivity contribution in [3.63, 3.8) is 0 Å². The maximum atomic E-state index is 10.9. The minimum absolute atomic E-state index is 0.354. The first-order chi connectivity index (χ1) is 10.2. The molecule has 5 heteroatoms. The molecular formula is C16H16N2O3. The average molecular weight is 284 g/mol. The summed E-state index contributed by atoms with van der Waals surface area (Å²) in [5.41, 5.74) is 1.48. The van der Waals surface area contributed by atoms with Gasteiger partial charge in [0.1, 0.15) is 16.9 Å². The summed E-state index contributed by atoms with van der Waals surface area (Å²) >= 11 is 0. The molecule has 21 heavy (non-hydrogen) atoms. The summed E-state index contributed by atoms with van der Waals surface area (Å²) in [4.78, 5) is 4.36. The second-order valence-corrected chi connectivity index (χ2v) is 5.48. The second kappa shape index (κ2) is 4.63. The third-order valence-corrected chi connectivity index (χ3v) is 4.07. The van der Waals surface area contributed by atoms with E-state index in [9.17, 15) is 5.11 Å². The quantitative estimate of drug-likeness (QED) is 0.773. The molecule has 2 N–H and O–H groups in total. The van der Waals surface area contributed by atoms with Crippen LogP contribution in [0.25, 0.3) is 11.1 Å². The molecule has 1 aliphatic rings. The van der Waals surface area contributed by atoms with Crippen LogP contribution in [0, 0.1) is 0 Å². The van der Waals surface area contributed by atoms with E-state index in [4.69, 9.17) is 8.83 Å². The molecule has 3 aromatic rings. The molecule has 4 rings (SSSR count). The highest BCUT2D eigenvalue weighted by Gasteiger charge is 2.36. The number of oxazole rings is 1. The van der Waals surface area contributed by atoms with E-state index < -0.39 is 5.60 Å². The third kappa shape index (κ3) is 2.10. The van der Waals surface area contributed by atoms with E-state index in [1.807, 2.05) is 30.3 Å². The maximum absolute atomic E-state index is 10.9. The van der Waals surface area contributed by atoms with Gasteiger partial charge >= 0.3 is 0 Å². The van der Waals surface area contributed by atoms with Gasteiger partial charge in [0.2, 0.25) is 0 Å². The molecule has 2 heterocycles. The van der Waals surface area contributed by atoms with Crippen molar-refractivity contribution in [3.8, 4) is 0 Å². The summed E-state index contributed by atoms with van der Waals surface area (Å²) in [6, 6.07) is 9.87. The van der Waals surface area contributed by atoms with Crippen LogP contribution in [0.4, 0.5) is 6.01 Å². The number of furan rings is 1. The SMILES string of the molecule is OC1(CNc2nc3ccccc3o2)CCCc2occc21. The van der Waals surface area contributed by atoms with Crippen molar-refractivity contribution in [2.24, 2.45) is 0 Å². The van der Waals surface area contributed by atoms with E-state index in [0.29, 0.717) is 19.0 Å². The molecule has 1 aliphatic carbocycles. The zero-order valence-corrected chi connectivity index (χ0v) is 11.5. The van der Waals surface area contributed by atoms with Crippen molar-refractivity contribution >= 4 is 17.1 Å². The van der Waals surface area contributed by atoms with E-state index in [0.717, 1.165) is 35.3 Å². The Morgan fingerprint density at radius 1 is 1.29 bits per heavy atom. The minimum atomic E-state index is -0.929. The predicted octanol–water partition coefficient (Wildman–Crippen LogP) is 3.06. The monoisotopic (exact) mass is 284 g/mol. The van der Waals surface area contributed by atoms with Gasteiger partial charge in [0.25, 0.3) is 6.01 Å². The number of fused-ring (bicyclic) bond motifs is 2. The summed E-state index contributed by atoms with van der Waals surface area (Å²) in [6.45, 7) is 0.354. The predicted molar refractivity (Wildman–Crippen MR) is 78.0 cm³/mol. The molecule has 0 aliphatic heterocycles. The van der Waals surface area contributed by atoms with Gasteiger partial charge in [0.15, 0.2) is 5.58 Å². The Labute approximate surface area is 121 Å². The fourth-order valence-electron chi connectivity index (χ4n) is 2.98. The first-order valence-electron chi connectivity index (χ1n) is 7.13. The number of hydrogen-bond donors (Lipinski definition) is 2. The Morgan fingerprint density at radius 2 is 2.19 bits per heavy atom. The molecule has 108 valence electrons. The van der Waals surface area contributed by atoms with Crippen LogP contribution in [0.5, 0.6) is 0 Å². The number of anilines is 1. The Kier molecular flexibility index (Phi) is 2.75. The van der Waals surface area contributed by atoms with Crippen LogP contribution in [0.3, 0.4) is 0 Å². The smallest absolute Gasteiger partial charge is 0.295 e. The molecule has 1 aromatic carbocycles. The maximum Gasteiger partial charge on any atom is 0.295 e. The minimum Gasteiger partial charge on any atom is -0.469 e. The molecular weight excluding hydrogens is 268 g/mol. The van der Waals surface area contributed by atoms with Crippen LogP contribution >= 0.6 is 0 Å². The Morgan fingerprint density at radius 3 is 3.10 bits per heavy atom. The number of nitrogens with zero attached hydrogens (tertiary/aromatic N) is 1. The number of aryl methyl sites for hydroxylation is 1. The van der Waals surface area contributed by atoms with E-state index in [-0.39, 0.29) is 0 Å². The highest BCUT2D eigenvalue weighted by molar-refractivity contribution is 5.74. The van der Waals surface area contributed by atoms with Crippen LogP contribution in [0.1, 0.15) is 24.2 Å². The van der Waals surface area contributed by atoms with Crippen molar-refractivity contribution in [2.75, 3.05) is 11.9 Å². The van der Waals surface area contributed by atoms with Crippen molar-refractivity contribution in [1.82, 2.24) is 4.98 Å². The van der Waals surface area contributed by atoms with Crippen LogP contribution < -0.4 is 5.32 Å². The summed E-state index contributed by atoms with van der Waals surface area (Å²) in [5, 5.41) is 14.0. The zero-order chi connectivity index (χ0) is 14.3. The Bertz CT molecular complexity index is 744. The fourth-order valence-corrected chi connectivity index (χ4v) is 2.98. The lowest BCUT2D eigenvalue weighted by Gasteiger charge is -2.31. The first kappa shape index (κ1) is 12.5. The number of rotatable bonds is 3. The zero-order valence-electron chi connectivity index (χ0n) is 11.5. The summed E-state index contributed by atoms with van der Waals surface area (Å²) in [7, 11) is 0. The molecule has 0 saturated heterocycles. The molecule has 0 bridgehead atoms. The molecule has 1 atom stereocenters. The molecule has 2 aromatic heterocycles. The van der Waals surface area contributed by atoms with E-state index in [1.165, 1.54) is 0 Å². The number of nitrogens with one attached hydrogen (secondary N) is 1. The molecule has 0 amide bonds. The lowest BCUT2D eigenvalue weighted by atomic mass is 9.83. The largest absolute Gasteiger partial charge is 0.469 e. The summed E-state index contributed by atoms with van der Waals surface area (Å²) < 4.78 is 11.0. The normalized spacial score (nSPS) is 21.4. The van der Waals surface area contributed by atoms with E-state index >= 15 is 0 Å². The van der Waals surface area contributed by atoms with Crippen molar-refractivity contribution in [1.29, 1.82) is 0 Å². The number of hydrogen-bond acceptors (Lipinski definition) is 5. The third-order valence-electron chi connectivity index (χ3n) is 4.07. The van der Waals surface area contributed by atoms with E-state index in [1.54, 1.807) is 6.26 Å². The Hall–Kier alpha value is -2.27. The van der Waals surface area contributed by atoms with Crippen LogP contribution in [-0.2, 0) is 12.0 Å². The van der Waals surface area contributed by atoms with Gasteiger partial charge in [-0.3, -0.25) is 0 Å². The standard InChI is InChI=1S/C16H16N2O3/c19-16(8-3-6-13-11(16)7-9-20-13)10-17-15-18-12-4-1-2-5-14(12)21-15/h1-2,4-5,7,9,19H,3,6,8,10H2,(H,17,18). The number of para-hydroxylation sites is 2. The van der Waals surface area contributed by atoms with Gasteiger partial charge in [-0.15, -0.1) is 0 Å². The fraction of sp³-hybridized carbons (Fsp3) is 0.312. The first-order valence-corrected chi connectivity index (χ1v) is 7.13. The molecule has 5 nitrogen and oxygen atoms in total. The lowest BCUT2D eigenvalue weighted by Crippen LogP contribution is -2.37. The highest BCUT2D eigenvalue weighted by Crippen LogP contribution is 2.36. The van der Waals surface area contributed by atoms with Crippen molar-refractivity contribution in [3.05, 3.63) is 47.9 Å². The van der Waals surface area contributed by atoms with Crippen LogP contribution in [0.2, 0.25) is 0 Å². The Balaban J connectivity index is 1.57. The number of aliphatic hydroxyl groups is 1. The average Bonchev–Trinajstić information content (AvgIpc) is 3.12. The van der Waals surface area contributed by atoms with Crippen molar-refractivity contribution in [2.45, 2.75) is 24.9 Å². The lowest BCUT2D eigenvalue weighted by molar-refractivity contribution is 0.0295. The van der Waals surface area contributed by atoms with Crippen molar-refractivity contribution < 1.29 is 13.9 Å².